The van der Waals surface area contributed by atoms with Crippen LogP contribution in [0.2, 0.25) is 0 Å². The number of amides is 1. The number of carbonyl (C=O) groups excluding carboxylic acids is 1. The Hall–Kier alpha value is -2.17. The third kappa shape index (κ3) is 4.27. The van der Waals surface area contributed by atoms with Crippen LogP contribution in [-0.2, 0) is 4.79 Å². The highest BCUT2D eigenvalue weighted by Gasteiger charge is 2.11. The van der Waals surface area contributed by atoms with Gasteiger partial charge in [0.2, 0.25) is 5.91 Å². The number of hydrogen-bond acceptors (Lipinski definition) is 2. The first-order chi connectivity index (χ1) is 12.0. The molecule has 0 bridgehead atoms. The molecular weight excluding hydrogens is 376 g/mol. The van der Waals surface area contributed by atoms with E-state index in [1.807, 2.05) is 37.3 Å². The second-order valence-corrected chi connectivity index (χ2v) is 7.09. The first kappa shape index (κ1) is 17.6. The lowest BCUT2D eigenvalue weighted by molar-refractivity contribution is -0.115. The monoisotopic (exact) mass is 396 g/mol. The zero-order chi connectivity index (χ0) is 17.8. The Morgan fingerprint density at radius 1 is 1.08 bits per heavy atom. The van der Waals surface area contributed by atoms with E-state index in [1.165, 1.54) is 16.3 Å². The Labute approximate surface area is 156 Å². The molecule has 0 fully saturated rings. The second-order valence-electron chi connectivity index (χ2n) is 6.18. The minimum atomic E-state index is -0.0440. The Balaban J connectivity index is 1.65. The van der Waals surface area contributed by atoms with Gasteiger partial charge in [-0.25, -0.2) is 0 Å². The molecule has 0 heterocycles. The predicted octanol–water partition coefficient (Wildman–Crippen LogP) is 5.20. The lowest BCUT2D eigenvalue weighted by Gasteiger charge is -2.17. The fraction of sp³-hybridized carbons (Fsp3) is 0.190. The van der Waals surface area contributed by atoms with E-state index in [-0.39, 0.29) is 18.5 Å². The van der Waals surface area contributed by atoms with E-state index in [1.54, 1.807) is 0 Å². The van der Waals surface area contributed by atoms with Crippen molar-refractivity contribution in [1.29, 1.82) is 0 Å². The maximum Gasteiger partial charge on any atom is 0.238 e. The number of rotatable bonds is 5. The summed E-state index contributed by atoms with van der Waals surface area (Å²) < 4.78 is 1.01. The minimum absolute atomic E-state index is 0.0440. The number of fused-ring (bicyclic) bond motifs is 1. The highest BCUT2D eigenvalue weighted by Crippen LogP contribution is 2.24. The fourth-order valence-corrected chi connectivity index (χ4v) is 3.42. The number of anilines is 1. The van der Waals surface area contributed by atoms with Crippen LogP contribution in [-0.4, -0.2) is 12.5 Å². The summed E-state index contributed by atoms with van der Waals surface area (Å²) in [5.74, 6) is -0.0440. The summed E-state index contributed by atoms with van der Waals surface area (Å²) in [5, 5.41) is 8.71. The molecule has 128 valence electrons. The summed E-state index contributed by atoms with van der Waals surface area (Å²) in [4.78, 5) is 12.3. The van der Waals surface area contributed by atoms with Gasteiger partial charge < -0.3 is 10.6 Å². The zero-order valence-electron chi connectivity index (χ0n) is 14.3. The van der Waals surface area contributed by atoms with E-state index in [9.17, 15) is 4.79 Å². The molecule has 4 heteroatoms. The van der Waals surface area contributed by atoms with Gasteiger partial charge in [-0.2, -0.15) is 0 Å². The van der Waals surface area contributed by atoms with Crippen molar-refractivity contribution in [3.63, 3.8) is 0 Å². The summed E-state index contributed by atoms with van der Waals surface area (Å²) in [6, 6.07) is 20.5. The molecule has 0 aliphatic carbocycles. The molecule has 0 aliphatic heterocycles. The first-order valence-corrected chi connectivity index (χ1v) is 9.11. The van der Waals surface area contributed by atoms with Crippen LogP contribution in [0.4, 0.5) is 5.69 Å². The van der Waals surface area contributed by atoms with Gasteiger partial charge in [-0.1, -0.05) is 58.4 Å². The average molecular weight is 397 g/mol. The topological polar surface area (TPSA) is 41.1 Å². The van der Waals surface area contributed by atoms with Crippen LogP contribution < -0.4 is 10.6 Å². The van der Waals surface area contributed by atoms with E-state index < -0.39 is 0 Å². The highest BCUT2D eigenvalue weighted by atomic mass is 79.9. The first-order valence-electron chi connectivity index (χ1n) is 8.31. The average Bonchev–Trinajstić information content (AvgIpc) is 2.61. The van der Waals surface area contributed by atoms with E-state index in [2.05, 4.69) is 63.8 Å². The number of benzene rings is 3. The molecule has 0 unspecified atom stereocenters. The van der Waals surface area contributed by atoms with Crippen LogP contribution in [0.25, 0.3) is 10.8 Å². The molecule has 0 aliphatic rings. The molecule has 25 heavy (non-hydrogen) atoms. The van der Waals surface area contributed by atoms with Crippen molar-refractivity contribution in [3.05, 3.63) is 76.3 Å². The summed E-state index contributed by atoms with van der Waals surface area (Å²) in [6.45, 7) is 4.33. The summed E-state index contributed by atoms with van der Waals surface area (Å²) in [6.07, 6.45) is 0. The Morgan fingerprint density at radius 2 is 1.84 bits per heavy atom. The standard InChI is InChI=1S/C21H21BrN2O/c1-14-12-17(22)10-11-20(14)24-21(25)13-23-15(2)18-9-5-7-16-6-3-4-8-19(16)18/h3-12,15,23H,13H2,1-2H3,(H,24,25)/t15-/m1/s1. The van der Waals surface area contributed by atoms with Crippen LogP contribution in [0, 0.1) is 6.92 Å². The van der Waals surface area contributed by atoms with E-state index in [0.717, 1.165) is 15.7 Å². The van der Waals surface area contributed by atoms with Crippen LogP contribution in [0.15, 0.2) is 65.1 Å². The molecule has 0 saturated heterocycles. The van der Waals surface area contributed by atoms with Gasteiger partial charge in [-0.3, -0.25) is 4.79 Å². The number of nitrogens with one attached hydrogen (secondary N) is 2. The molecule has 0 spiro atoms. The van der Waals surface area contributed by atoms with Crippen molar-refractivity contribution < 1.29 is 4.79 Å². The molecule has 2 N–H and O–H groups in total. The number of hydrogen-bond donors (Lipinski definition) is 2. The van der Waals surface area contributed by atoms with Crippen molar-refractivity contribution in [2.45, 2.75) is 19.9 Å². The predicted molar refractivity (Wildman–Crippen MR) is 108 cm³/mol. The molecular formula is C21H21BrN2O. The summed E-state index contributed by atoms with van der Waals surface area (Å²) in [5.41, 5.74) is 3.07. The van der Waals surface area contributed by atoms with Crippen LogP contribution in [0.3, 0.4) is 0 Å². The third-order valence-electron chi connectivity index (χ3n) is 4.32. The maximum absolute atomic E-state index is 12.3. The maximum atomic E-state index is 12.3. The molecule has 1 amide bonds. The summed E-state index contributed by atoms with van der Waals surface area (Å²) >= 11 is 3.43. The van der Waals surface area contributed by atoms with E-state index in [4.69, 9.17) is 0 Å². The van der Waals surface area contributed by atoms with Gasteiger partial charge in [0.1, 0.15) is 0 Å². The van der Waals surface area contributed by atoms with Crippen molar-refractivity contribution in [2.24, 2.45) is 0 Å². The fourth-order valence-electron chi connectivity index (χ4n) is 2.95. The smallest absolute Gasteiger partial charge is 0.238 e. The summed E-state index contributed by atoms with van der Waals surface area (Å²) in [7, 11) is 0. The molecule has 3 aromatic carbocycles. The number of carbonyl (C=O) groups is 1. The second kappa shape index (κ2) is 7.81. The lowest BCUT2D eigenvalue weighted by Crippen LogP contribution is -2.30. The zero-order valence-corrected chi connectivity index (χ0v) is 15.9. The van der Waals surface area contributed by atoms with Crippen molar-refractivity contribution in [2.75, 3.05) is 11.9 Å². The quantitative estimate of drug-likeness (QED) is 0.621. The molecule has 3 aromatic rings. The Kier molecular flexibility index (Phi) is 5.51. The lowest BCUT2D eigenvalue weighted by atomic mass is 10.00. The van der Waals surface area contributed by atoms with Crippen LogP contribution in [0.1, 0.15) is 24.1 Å². The molecule has 0 radical (unpaired) electrons. The highest BCUT2D eigenvalue weighted by molar-refractivity contribution is 9.10. The Morgan fingerprint density at radius 3 is 2.64 bits per heavy atom. The van der Waals surface area contributed by atoms with Crippen molar-refractivity contribution in [3.8, 4) is 0 Å². The van der Waals surface area contributed by atoms with Gasteiger partial charge >= 0.3 is 0 Å². The number of halogens is 1. The number of aryl methyl sites for hydroxylation is 1. The van der Waals surface area contributed by atoms with Gasteiger partial charge in [0, 0.05) is 16.2 Å². The molecule has 1 atom stereocenters. The van der Waals surface area contributed by atoms with E-state index in [0.29, 0.717) is 0 Å². The SMILES string of the molecule is Cc1cc(Br)ccc1NC(=O)CN[C@H](C)c1cccc2ccccc12. The molecule has 0 aromatic heterocycles. The van der Waals surface area contributed by atoms with Crippen molar-refractivity contribution >= 4 is 38.3 Å². The third-order valence-corrected chi connectivity index (χ3v) is 4.81. The van der Waals surface area contributed by atoms with Crippen LogP contribution in [0.5, 0.6) is 0 Å². The largest absolute Gasteiger partial charge is 0.325 e. The normalized spacial score (nSPS) is 12.1. The minimum Gasteiger partial charge on any atom is -0.325 e. The van der Waals surface area contributed by atoms with Gasteiger partial charge in [-0.05, 0) is 53.9 Å². The van der Waals surface area contributed by atoms with Gasteiger partial charge in [0.15, 0.2) is 0 Å². The molecule has 3 nitrogen and oxygen atoms in total. The van der Waals surface area contributed by atoms with Crippen molar-refractivity contribution in [1.82, 2.24) is 5.32 Å². The van der Waals surface area contributed by atoms with Gasteiger partial charge in [-0.15, -0.1) is 0 Å². The Bertz CT molecular complexity index is 902. The van der Waals surface area contributed by atoms with Gasteiger partial charge in [0.25, 0.3) is 0 Å². The van der Waals surface area contributed by atoms with Crippen LogP contribution >= 0.6 is 15.9 Å². The molecule has 0 saturated carbocycles. The van der Waals surface area contributed by atoms with E-state index >= 15 is 0 Å². The van der Waals surface area contributed by atoms with Gasteiger partial charge in [0.05, 0.1) is 6.54 Å². The molecule has 3 rings (SSSR count).